The average Bonchev–Trinajstić information content (AvgIpc) is 2.99. The number of fused-ring (bicyclic) bond motifs is 1. The van der Waals surface area contributed by atoms with Crippen LogP contribution >= 0.6 is 0 Å². The van der Waals surface area contributed by atoms with Gasteiger partial charge in [-0.2, -0.15) is 0 Å². The summed E-state index contributed by atoms with van der Waals surface area (Å²) >= 11 is 0. The summed E-state index contributed by atoms with van der Waals surface area (Å²) in [5.74, 6) is -0.616. The van der Waals surface area contributed by atoms with E-state index in [-0.39, 0.29) is 29.2 Å². The molecule has 0 spiro atoms. The van der Waals surface area contributed by atoms with E-state index in [0.717, 1.165) is 25.7 Å². The molecule has 0 N–H and O–H groups in total. The third kappa shape index (κ3) is 3.15. The molecule has 1 heterocycles. The molecule has 144 valence electrons. The molecule has 2 aromatic rings. The molecule has 2 atom stereocenters. The lowest BCUT2D eigenvalue weighted by atomic mass is 9.81. The number of amides is 2. The molecule has 4 rings (SSSR count). The first-order chi connectivity index (χ1) is 13.6. The van der Waals surface area contributed by atoms with Gasteiger partial charge in [-0.1, -0.05) is 31.0 Å². The largest absolute Gasteiger partial charge is 0.493 e. The molecule has 1 aliphatic heterocycles. The number of methoxy groups -OCH3 is 1. The van der Waals surface area contributed by atoms with Crippen LogP contribution in [0.15, 0.2) is 48.5 Å². The number of hydrogen-bond acceptors (Lipinski definition) is 5. The number of carbonyl (C=O) groups excluding carboxylic acids is 3. The Balaban J connectivity index is 1.59. The minimum atomic E-state index is -0.581. The third-order valence-electron chi connectivity index (χ3n) is 5.45. The Morgan fingerprint density at radius 2 is 1.57 bits per heavy atom. The summed E-state index contributed by atoms with van der Waals surface area (Å²) < 4.78 is 10.6. The lowest BCUT2D eigenvalue weighted by Crippen LogP contribution is -2.31. The van der Waals surface area contributed by atoms with Crippen LogP contribution in [-0.2, 0) is 9.59 Å². The molecule has 2 aliphatic rings. The van der Waals surface area contributed by atoms with Crippen molar-refractivity contribution in [3.05, 3.63) is 54.1 Å². The molecule has 1 saturated heterocycles. The molecule has 1 saturated carbocycles. The fraction of sp³-hybridized carbons (Fsp3) is 0.318. The van der Waals surface area contributed by atoms with Gasteiger partial charge in [0.25, 0.3) is 0 Å². The maximum Gasteiger partial charge on any atom is 0.343 e. The Hall–Kier alpha value is -3.15. The van der Waals surface area contributed by atoms with Crippen molar-refractivity contribution in [2.24, 2.45) is 11.8 Å². The van der Waals surface area contributed by atoms with Crippen LogP contribution in [0.1, 0.15) is 36.0 Å². The first-order valence-corrected chi connectivity index (χ1v) is 9.43. The Morgan fingerprint density at radius 3 is 2.21 bits per heavy atom. The van der Waals surface area contributed by atoms with Crippen LogP contribution in [0, 0.1) is 11.8 Å². The standard InChI is InChI=1S/C22H21NO5/c1-27-18-11-4-5-12-19(18)28-22(26)14-7-6-8-15(13-14)23-20(24)16-9-2-3-10-17(16)21(23)25/h4-8,11-13,16-17H,2-3,9-10H2,1H3/t16-,17+. The van der Waals surface area contributed by atoms with E-state index >= 15 is 0 Å². The third-order valence-corrected chi connectivity index (χ3v) is 5.45. The summed E-state index contributed by atoms with van der Waals surface area (Å²) in [4.78, 5) is 39.4. The molecular formula is C22H21NO5. The van der Waals surface area contributed by atoms with Crippen molar-refractivity contribution in [3.8, 4) is 11.5 Å². The highest BCUT2D eigenvalue weighted by Gasteiger charge is 2.48. The summed E-state index contributed by atoms with van der Waals surface area (Å²) in [7, 11) is 1.50. The normalized spacial score (nSPS) is 21.4. The van der Waals surface area contributed by atoms with Gasteiger partial charge >= 0.3 is 5.97 Å². The van der Waals surface area contributed by atoms with Gasteiger partial charge in [0.2, 0.25) is 11.8 Å². The Bertz CT molecular complexity index is 914. The minimum absolute atomic E-state index is 0.162. The van der Waals surface area contributed by atoms with Crippen LogP contribution in [0.4, 0.5) is 5.69 Å². The van der Waals surface area contributed by atoms with Crippen LogP contribution in [0.5, 0.6) is 11.5 Å². The fourth-order valence-electron chi connectivity index (χ4n) is 4.05. The summed E-state index contributed by atoms with van der Waals surface area (Å²) in [6, 6.07) is 13.3. The van der Waals surface area contributed by atoms with Gasteiger partial charge < -0.3 is 9.47 Å². The van der Waals surface area contributed by atoms with Gasteiger partial charge in [0, 0.05) is 0 Å². The number of hydrogen-bond donors (Lipinski definition) is 0. The van der Waals surface area contributed by atoms with Crippen LogP contribution in [0.25, 0.3) is 0 Å². The quantitative estimate of drug-likeness (QED) is 0.461. The van der Waals surface area contributed by atoms with Crippen molar-refractivity contribution in [2.45, 2.75) is 25.7 Å². The van der Waals surface area contributed by atoms with Crippen LogP contribution in [-0.4, -0.2) is 24.9 Å². The Kier molecular flexibility index (Phi) is 4.86. The lowest BCUT2D eigenvalue weighted by Gasteiger charge is -2.19. The zero-order valence-electron chi connectivity index (χ0n) is 15.6. The van der Waals surface area contributed by atoms with Crippen molar-refractivity contribution in [1.82, 2.24) is 0 Å². The number of anilines is 1. The molecule has 0 unspecified atom stereocenters. The SMILES string of the molecule is COc1ccccc1OC(=O)c1cccc(N2C(=O)[C@H]3CCCC[C@H]3C2=O)c1. The Morgan fingerprint density at radius 1 is 0.929 bits per heavy atom. The van der Waals surface area contributed by atoms with Crippen molar-refractivity contribution in [2.75, 3.05) is 12.0 Å². The molecule has 6 heteroatoms. The van der Waals surface area contributed by atoms with E-state index in [1.807, 2.05) is 0 Å². The van der Waals surface area contributed by atoms with Crippen molar-refractivity contribution >= 4 is 23.5 Å². The van der Waals surface area contributed by atoms with E-state index in [1.165, 1.54) is 18.1 Å². The van der Waals surface area contributed by atoms with E-state index in [4.69, 9.17) is 9.47 Å². The van der Waals surface area contributed by atoms with E-state index in [9.17, 15) is 14.4 Å². The van der Waals surface area contributed by atoms with Gasteiger partial charge in [0.05, 0.1) is 30.2 Å². The summed E-state index contributed by atoms with van der Waals surface area (Å²) in [6.45, 7) is 0. The number of nitrogens with zero attached hydrogens (tertiary/aromatic N) is 1. The second-order valence-corrected chi connectivity index (χ2v) is 7.10. The number of rotatable bonds is 4. The van der Waals surface area contributed by atoms with Gasteiger partial charge in [-0.3, -0.25) is 14.5 Å². The van der Waals surface area contributed by atoms with Gasteiger partial charge in [0.1, 0.15) is 0 Å². The van der Waals surface area contributed by atoms with Gasteiger partial charge in [0.15, 0.2) is 11.5 Å². The highest BCUT2D eigenvalue weighted by atomic mass is 16.6. The predicted molar refractivity (Wildman–Crippen MR) is 102 cm³/mol. The minimum Gasteiger partial charge on any atom is -0.493 e. The fourth-order valence-corrected chi connectivity index (χ4v) is 4.05. The molecule has 2 fully saturated rings. The number of esters is 1. The zero-order chi connectivity index (χ0) is 19.7. The van der Waals surface area contributed by atoms with Gasteiger partial charge in [-0.25, -0.2) is 4.79 Å². The van der Waals surface area contributed by atoms with E-state index in [0.29, 0.717) is 17.2 Å². The highest BCUT2D eigenvalue weighted by Crippen LogP contribution is 2.40. The summed E-state index contributed by atoms with van der Waals surface area (Å²) in [5.41, 5.74) is 0.678. The molecule has 28 heavy (non-hydrogen) atoms. The molecular weight excluding hydrogens is 358 g/mol. The monoisotopic (exact) mass is 379 g/mol. The van der Waals surface area contributed by atoms with E-state index in [1.54, 1.807) is 42.5 Å². The number of imide groups is 1. The van der Waals surface area contributed by atoms with Crippen LogP contribution in [0.3, 0.4) is 0 Å². The molecule has 2 aromatic carbocycles. The number of benzene rings is 2. The molecule has 6 nitrogen and oxygen atoms in total. The van der Waals surface area contributed by atoms with Crippen molar-refractivity contribution < 1.29 is 23.9 Å². The summed E-state index contributed by atoms with van der Waals surface area (Å²) in [5, 5.41) is 0. The molecule has 2 amide bonds. The Labute approximate surface area is 163 Å². The van der Waals surface area contributed by atoms with Crippen molar-refractivity contribution in [1.29, 1.82) is 0 Å². The van der Waals surface area contributed by atoms with E-state index < -0.39 is 5.97 Å². The topological polar surface area (TPSA) is 72.9 Å². The molecule has 0 bridgehead atoms. The number of carbonyl (C=O) groups is 3. The molecule has 0 aromatic heterocycles. The smallest absolute Gasteiger partial charge is 0.343 e. The first kappa shape index (κ1) is 18.2. The summed E-state index contributed by atoms with van der Waals surface area (Å²) in [6.07, 6.45) is 3.45. The van der Waals surface area contributed by atoms with Crippen LogP contribution in [0.2, 0.25) is 0 Å². The maximum absolute atomic E-state index is 12.8. The van der Waals surface area contributed by atoms with E-state index in [2.05, 4.69) is 0 Å². The first-order valence-electron chi connectivity index (χ1n) is 9.43. The van der Waals surface area contributed by atoms with Gasteiger partial charge in [-0.05, 0) is 43.2 Å². The van der Waals surface area contributed by atoms with Gasteiger partial charge in [-0.15, -0.1) is 0 Å². The highest BCUT2D eigenvalue weighted by molar-refractivity contribution is 6.22. The second kappa shape index (κ2) is 7.46. The van der Waals surface area contributed by atoms with Crippen LogP contribution < -0.4 is 14.4 Å². The molecule has 1 aliphatic carbocycles. The number of para-hydroxylation sites is 2. The predicted octanol–water partition coefficient (Wildman–Crippen LogP) is 3.59. The average molecular weight is 379 g/mol. The maximum atomic E-state index is 12.8. The second-order valence-electron chi connectivity index (χ2n) is 7.10. The van der Waals surface area contributed by atoms with Crippen molar-refractivity contribution in [3.63, 3.8) is 0 Å². The number of ether oxygens (including phenoxy) is 2. The zero-order valence-corrected chi connectivity index (χ0v) is 15.6. The lowest BCUT2D eigenvalue weighted by molar-refractivity contribution is -0.122. The molecule has 0 radical (unpaired) electrons.